The number of halogens is 4. The fraction of sp³-hybridized carbons (Fsp3) is 0.278. The Bertz CT molecular complexity index is 852. The van der Waals surface area contributed by atoms with Crippen molar-refractivity contribution in [3.63, 3.8) is 0 Å². The number of nitrogen functional groups attached to an aromatic ring is 1. The van der Waals surface area contributed by atoms with Crippen LogP contribution in [0.5, 0.6) is 17.2 Å². The highest BCUT2D eigenvalue weighted by Crippen LogP contribution is 2.49. The smallest absolute Gasteiger partial charge is 0.308 e. The maximum atomic E-state index is 11.4. The van der Waals surface area contributed by atoms with Gasteiger partial charge in [-0.3, -0.25) is 4.79 Å². The summed E-state index contributed by atoms with van der Waals surface area (Å²) in [7, 11) is 0. The van der Waals surface area contributed by atoms with Gasteiger partial charge in [-0.15, -0.1) is 0 Å². The van der Waals surface area contributed by atoms with E-state index in [-0.39, 0.29) is 37.4 Å². The van der Waals surface area contributed by atoms with Gasteiger partial charge >= 0.3 is 5.97 Å². The fourth-order valence-electron chi connectivity index (χ4n) is 2.37. The molecule has 0 fully saturated rings. The zero-order valence-corrected chi connectivity index (χ0v) is 17.6. The molecule has 2 aromatic carbocycles. The Morgan fingerprint density at radius 2 is 1.54 bits per heavy atom. The second kappa shape index (κ2) is 8.13. The van der Waals surface area contributed by atoms with Crippen LogP contribution < -0.4 is 15.2 Å². The normalized spacial score (nSPS) is 11.0. The molecule has 140 valence electrons. The first-order chi connectivity index (χ1) is 12.0. The highest BCUT2D eigenvalue weighted by Gasteiger charge is 2.22. The second-order valence-electron chi connectivity index (χ2n) is 6.01. The summed E-state index contributed by atoms with van der Waals surface area (Å²) in [5, 5.41) is 0.250. The van der Waals surface area contributed by atoms with Crippen molar-refractivity contribution in [2.24, 2.45) is 0 Å². The van der Waals surface area contributed by atoms with Crippen LogP contribution in [0.3, 0.4) is 0 Å². The lowest BCUT2D eigenvalue weighted by atomic mass is 9.99. The number of carbonyl (C=O) groups excluding carboxylic acids is 1. The molecule has 0 bridgehead atoms. The van der Waals surface area contributed by atoms with Gasteiger partial charge in [-0.25, -0.2) is 0 Å². The van der Waals surface area contributed by atoms with Crippen LogP contribution in [0, 0.1) is 6.92 Å². The zero-order chi connectivity index (χ0) is 19.8. The Kier molecular flexibility index (Phi) is 6.56. The van der Waals surface area contributed by atoms with Gasteiger partial charge in [-0.05, 0) is 30.5 Å². The molecule has 2 N–H and O–H groups in total. The summed E-state index contributed by atoms with van der Waals surface area (Å²) in [6.07, 6.45) is 0. The molecule has 2 aromatic rings. The monoisotopic (exact) mass is 435 g/mol. The van der Waals surface area contributed by atoms with E-state index in [0.29, 0.717) is 11.5 Å². The van der Waals surface area contributed by atoms with E-state index < -0.39 is 5.97 Å². The number of nitrogens with two attached hydrogens (primary N) is 1. The molecule has 0 saturated heterocycles. The Morgan fingerprint density at radius 1 is 1.00 bits per heavy atom. The van der Waals surface area contributed by atoms with Crippen LogP contribution in [0.4, 0.5) is 5.69 Å². The Balaban J connectivity index is 2.57. The van der Waals surface area contributed by atoms with Gasteiger partial charge in [-0.2, -0.15) is 0 Å². The third kappa shape index (κ3) is 4.15. The summed E-state index contributed by atoms with van der Waals surface area (Å²) in [4.78, 5) is 11.4. The first kappa shape index (κ1) is 21.0. The van der Waals surface area contributed by atoms with Gasteiger partial charge in [0.1, 0.15) is 21.5 Å². The summed E-state index contributed by atoms with van der Waals surface area (Å²) < 4.78 is 11.2. The number of anilines is 1. The van der Waals surface area contributed by atoms with Crippen molar-refractivity contribution < 1.29 is 14.3 Å². The molecule has 0 aliphatic rings. The molecular weight excluding hydrogens is 420 g/mol. The van der Waals surface area contributed by atoms with Crippen LogP contribution in [0.15, 0.2) is 12.1 Å². The van der Waals surface area contributed by atoms with Gasteiger partial charge in [0.25, 0.3) is 0 Å². The maximum absolute atomic E-state index is 11.4. The van der Waals surface area contributed by atoms with Crippen LogP contribution in [0.2, 0.25) is 20.1 Å². The van der Waals surface area contributed by atoms with Crippen LogP contribution in [-0.4, -0.2) is 5.97 Å². The third-order valence-corrected chi connectivity index (χ3v) is 5.32. The molecule has 2 rings (SSSR count). The first-order valence-electron chi connectivity index (χ1n) is 7.66. The van der Waals surface area contributed by atoms with E-state index in [2.05, 4.69) is 0 Å². The molecule has 0 radical (unpaired) electrons. The highest BCUT2D eigenvalue weighted by atomic mass is 35.5. The predicted octanol–water partition coefficient (Wildman–Crippen LogP) is 7.03. The van der Waals surface area contributed by atoms with Crippen molar-refractivity contribution in [1.29, 1.82) is 0 Å². The van der Waals surface area contributed by atoms with Crippen LogP contribution >= 0.6 is 46.4 Å². The molecule has 0 aliphatic heterocycles. The van der Waals surface area contributed by atoms with E-state index in [0.717, 1.165) is 11.1 Å². The zero-order valence-electron chi connectivity index (χ0n) is 14.5. The van der Waals surface area contributed by atoms with Crippen LogP contribution in [0.1, 0.15) is 37.8 Å². The lowest BCUT2D eigenvalue weighted by Gasteiger charge is -2.18. The highest BCUT2D eigenvalue weighted by molar-refractivity contribution is 6.51. The number of esters is 1. The molecule has 0 unspecified atom stereocenters. The molecule has 0 aliphatic carbocycles. The third-order valence-electron chi connectivity index (χ3n) is 3.62. The molecule has 26 heavy (non-hydrogen) atoms. The molecule has 4 nitrogen and oxygen atoms in total. The van der Waals surface area contributed by atoms with E-state index in [1.54, 1.807) is 12.1 Å². The van der Waals surface area contributed by atoms with Gasteiger partial charge in [0, 0.05) is 12.5 Å². The van der Waals surface area contributed by atoms with Gasteiger partial charge in [0.05, 0.1) is 15.7 Å². The Labute approximate surface area is 172 Å². The molecule has 0 saturated carbocycles. The topological polar surface area (TPSA) is 61.5 Å². The van der Waals surface area contributed by atoms with Crippen molar-refractivity contribution >= 4 is 58.1 Å². The van der Waals surface area contributed by atoms with Crippen molar-refractivity contribution in [1.82, 2.24) is 0 Å². The van der Waals surface area contributed by atoms with E-state index in [9.17, 15) is 4.79 Å². The number of ether oxygens (including phenoxy) is 2. The van der Waals surface area contributed by atoms with Gasteiger partial charge in [-0.1, -0.05) is 60.3 Å². The number of benzene rings is 2. The molecule has 0 atom stereocenters. The molecule has 0 heterocycles. The molecule has 0 aromatic heterocycles. The first-order valence-corrected chi connectivity index (χ1v) is 9.18. The van der Waals surface area contributed by atoms with Crippen molar-refractivity contribution in [2.45, 2.75) is 33.6 Å². The standard InChI is InChI=1S/C18H17Cl4NO3/c1-7(2)11-6-10(5-8(3)17(11)25-9(4)24)26-18-14(21)12(19)16(23)13(20)15(18)22/h5-7H,23H2,1-4H3. The van der Waals surface area contributed by atoms with Crippen molar-refractivity contribution in [3.05, 3.63) is 43.4 Å². The summed E-state index contributed by atoms with van der Waals surface area (Å²) in [5.74, 6) is 0.739. The maximum Gasteiger partial charge on any atom is 0.308 e. The van der Waals surface area contributed by atoms with Crippen molar-refractivity contribution in [2.75, 3.05) is 5.73 Å². The summed E-state index contributed by atoms with van der Waals surface area (Å²) >= 11 is 24.6. The second-order valence-corrected chi connectivity index (χ2v) is 7.52. The van der Waals surface area contributed by atoms with E-state index in [1.807, 2.05) is 20.8 Å². The molecule has 8 heteroatoms. The summed E-state index contributed by atoms with van der Waals surface area (Å²) in [6, 6.07) is 3.45. The Hall–Kier alpha value is -1.33. The van der Waals surface area contributed by atoms with E-state index >= 15 is 0 Å². The number of hydrogen-bond donors (Lipinski definition) is 1. The minimum atomic E-state index is -0.396. The largest absolute Gasteiger partial charge is 0.454 e. The SMILES string of the molecule is CC(=O)Oc1c(C)cc(Oc2c(Cl)c(Cl)c(N)c(Cl)c2Cl)cc1C(C)C. The molecule has 0 spiro atoms. The van der Waals surface area contributed by atoms with Crippen LogP contribution in [-0.2, 0) is 4.79 Å². The predicted molar refractivity (Wildman–Crippen MR) is 108 cm³/mol. The quantitative estimate of drug-likeness (QED) is 0.242. The molecular formula is C18H17Cl4NO3. The number of carbonyl (C=O) groups is 1. The van der Waals surface area contributed by atoms with Gasteiger partial charge in [0.15, 0.2) is 5.75 Å². The van der Waals surface area contributed by atoms with Gasteiger partial charge in [0.2, 0.25) is 0 Å². The average Bonchev–Trinajstić information content (AvgIpc) is 2.56. The number of hydrogen-bond acceptors (Lipinski definition) is 4. The van der Waals surface area contributed by atoms with Crippen LogP contribution in [0.25, 0.3) is 0 Å². The average molecular weight is 437 g/mol. The number of aryl methyl sites for hydroxylation is 1. The number of rotatable bonds is 4. The van der Waals surface area contributed by atoms with E-state index in [1.165, 1.54) is 6.92 Å². The lowest BCUT2D eigenvalue weighted by Crippen LogP contribution is -2.07. The minimum Gasteiger partial charge on any atom is -0.454 e. The van der Waals surface area contributed by atoms with Gasteiger partial charge < -0.3 is 15.2 Å². The summed E-state index contributed by atoms with van der Waals surface area (Å²) in [5.41, 5.74) is 7.37. The lowest BCUT2D eigenvalue weighted by molar-refractivity contribution is -0.132. The molecule has 0 amide bonds. The minimum absolute atomic E-state index is 0.0615. The summed E-state index contributed by atoms with van der Waals surface area (Å²) in [6.45, 7) is 7.11. The van der Waals surface area contributed by atoms with E-state index in [4.69, 9.17) is 61.6 Å². The Morgan fingerprint density at radius 3 is 2.00 bits per heavy atom. The fourth-order valence-corrected chi connectivity index (χ4v) is 3.30. The van der Waals surface area contributed by atoms with Crippen molar-refractivity contribution in [3.8, 4) is 17.2 Å².